The van der Waals surface area contributed by atoms with Gasteiger partial charge in [0.2, 0.25) is 5.91 Å². The lowest BCUT2D eigenvalue weighted by Crippen LogP contribution is -2.65. The van der Waals surface area contributed by atoms with Crippen LogP contribution in [-0.4, -0.2) is 140 Å². The molecule has 2 saturated heterocycles. The van der Waals surface area contributed by atoms with E-state index in [-0.39, 0.29) is 18.9 Å². The molecule has 9 N–H and O–H groups in total. The number of amides is 1. The van der Waals surface area contributed by atoms with Crippen LogP contribution in [0.3, 0.4) is 0 Å². The van der Waals surface area contributed by atoms with Crippen molar-refractivity contribution >= 4 is 5.91 Å². The highest BCUT2D eigenvalue weighted by Crippen LogP contribution is 2.30. The smallest absolute Gasteiger partial charge is 0.220 e. The van der Waals surface area contributed by atoms with Crippen molar-refractivity contribution in [2.45, 2.75) is 331 Å². The van der Waals surface area contributed by atoms with Gasteiger partial charge in [-0.15, -0.1) is 0 Å². The minimum atomic E-state index is -1.79. The minimum Gasteiger partial charge on any atom is -0.394 e. The van der Waals surface area contributed by atoms with Crippen LogP contribution in [0.15, 0.2) is 60.8 Å². The highest BCUT2D eigenvalue weighted by atomic mass is 16.7. The summed E-state index contributed by atoms with van der Waals surface area (Å²) in [5.41, 5.74) is 0. The van der Waals surface area contributed by atoms with Crippen LogP contribution in [0.4, 0.5) is 0 Å². The summed E-state index contributed by atoms with van der Waals surface area (Å²) in [7, 11) is 0. The number of ether oxygens (including phenoxy) is 4. The van der Waals surface area contributed by atoms with Gasteiger partial charge in [-0.1, -0.05) is 254 Å². The lowest BCUT2D eigenvalue weighted by atomic mass is 9.97. The second-order valence-corrected chi connectivity index (χ2v) is 22.9. The molecule has 14 heteroatoms. The first-order valence-corrected chi connectivity index (χ1v) is 32.5. The Morgan fingerprint density at radius 1 is 0.463 bits per heavy atom. The van der Waals surface area contributed by atoms with E-state index in [1.54, 1.807) is 6.08 Å². The summed E-state index contributed by atoms with van der Waals surface area (Å²) in [6, 6.07) is -0.911. The second-order valence-electron chi connectivity index (χ2n) is 22.9. The van der Waals surface area contributed by atoms with Gasteiger partial charge in [-0.25, -0.2) is 0 Å². The fourth-order valence-corrected chi connectivity index (χ4v) is 10.5. The molecule has 0 aliphatic carbocycles. The lowest BCUT2D eigenvalue weighted by molar-refractivity contribution is -0.359. The average molecular weight is 1130 g/mol. The maximum Gasteiger partial charge on any atom is 0.220 e. The zero-order chi connectivity index (χ0) is 58.1. The molecule has 2 aliphatic heterocycles. The van der Waals surface area contributed by atoms with Gasteiger partial charge in [-0.3, -0.25) is 4.79 Å². The molecule has 0 aromatic rings. The van der Waals surface area contributed by atoms with Crippen LogP contribution >= 0.6 is 0 Å². The lowest BCUT2D eigenvalue weighted by Gasteiger charge is -2.46. The highest BCUT2D eigenvalue weighted by Gasteiger charge is 2.51. The summed E-state index contributed by atoms with van der Waals surface area (Å²) >= 11 is 0. The van der Waals surface area contributed by atoms with Gasteiger partial charge < -0.3 is 65.1 Å². The first-order valence-electron chi connectivity index (χ1n) is 32.5. The molecule has 12 atom stereocenters. The van der Waals surface area contributed by atoms with E-state index in [9.17, 15) is 45.6 Å². The number of aliphatic hydroxyl groups is 8. The number of aliphatic hydroxyl groups excluding tert-OH is 8. The number of rotatable bonds is 52. The molecular formula is C66H119NO13. The quantitative estimate of drug-likeness (QED) is 0.0204. The topological polar surface area (TPSA) is 228 Å². The van der Waals surface area contributed by atoms with Crippen molar-refractivity contribution in [2.75, 3.05) is 19.8 Å². The molecule has 0 saturated carbocycles. The average Bonchev–Trinajstić information content (AvgIpc) is 3.49. The Morgan fingerprint density at radius 3 is 1.32 bits per heavy atom. The van der Waals surface area contributed by atoms with Gasteiger partial charge in [-0.2, -0.15) is 0 Å². The molecule has 2 fully saturated rings. The number of nitrogens with one attached hydrogen (secondary N) is 1. The molecule has 0 aromatic heterocycles. The van der Waals surface area contributed by atoms with E-state index in [0.29, 0.717) is 6.42 Å². The van der Waals surface area contributed by atoms with Crippen LogP contribution in [-0.2, 0) is 23.7 Å². The monoisotopic (exact) mass is 1130 g/mol. The Labute approximate surface area is 486 Å². The van der Waals surface area contributed by atoms with Crippen molar-refractivity contribution in [3.8, 4) is 0 Å². The maximum atomic E-state index is 13.2. The van der Waals surface area contributed by atoms with Crippen molar-refractivity contribution in [1.29, 1.82) is 0 Å². The third-order valence-electron chi connectivity index (χ3n) is 15.7. The van der Waals surface area contributed by atoms with E-state index in [1.807, 2.05) is 6.08 Å². The highest BCUT2D eigenvalue weighted by molar-refractivity contribution is 5.76. The first kappa shape index (κ1) is 73.8. The normalized spacial score (nSPS) is 24.6. The Hall–Kier alpha value is -2.31. The summed E-state index contributed by atoms with van der Waals surface area (Å²) < 4.78 is 22.7. The molecule has 12 unspecified atom stereocenters. The molecular weight excluding hydrogens is 1010 g/mol. The van der Waals surface area contributed by atoms with Gasteiger partial charge in [0, 0.05) is 6.42 Å². The SMILES string of the molecule is CC/C=C\C/C=C\C/C=C\C/C=C\CCCCCCCCCCCCCCCCCCCCCCCCCCC(=O)NC(COC1OC(CO)C(OC2OC(CO)C(O)C(O)C2O)C(O)C1O)C(O)/C=C/CCCCCCCCC. The van der Waals surface area contributed by atoms with Crippen molar-refractivity contribution < 1.29 is 64.6 Å². The van der Waals surface area contributed by atoms with Gasteiger partial charge in [0.1, 0.15) is 48.8 Å². The van der Waals surface area contributed by atoms with Crippen molar-refractivity contribution in [1.82, 2.24) is 5.32 Å². The van der Waals surface area contributed by atoms with Gasteiger partial charge in [0.15, 0.2) is 12.6 Å². The molecule has 80 heavy (non-hydrogen) atoms. The fraction of sp³-hybridized carbons (Fsp3) is 0.833. The molecule has 0 bridgehead atoms. The van der Waals surface area contributed by atoms with Crippen LogP contribution in [0.25, 0.3) is 0 Å². The molecule has 0 spiro atoms. The number of hydrogen-bond acceptors (Lipinski definition) is 13. The van der Waals surface area contributed by atoms with E-state index >= 15 is 0 Å². The third kappa shape index (κ3) is 35.7. The fourth-order valence-electron chi connectivity index (χ4n) is 10.5. The molecule has 2 aliphatic rings. The first-order chi connectivity index (χ1) is 39.1. The van der Waals surface area contributed by atoms with Crippen LogP contribution < -0.4 is 5.32 Å². The molecule has 0 aromatic carbocycles. The Balaban J connectivity index is 1.54. The predicted molar refractivity (Wildman–Crippen MR) is 323 cm³/mol. The Bertz CT molecular complexity index is 1570. The summed E-state index contributed by atoms with van der Waals surface area (Å²) in [6.07, 6.45) is 50.4. The van der Waals surface area contributed by atoms with E-state index in [4.69, 9.17) is 18.9 Å². The third-order valence-corrected chi connectivity index (χ3v) is 15.7. The Kier molecular flexibility index (Phi) is 47.2. The Morgan fingerprint density at radius 2 is 0.863 bits per heavy atom. The predicted octanol–water partition coefficient (Wildman–Crippen LogP) is 12.1. The summed E-state index contributed by atoms with van der Waals surface area (Å²) in [6.45, 7) is 2.65. The molecule has 2 heterocycles. The maximum absolute atomic E-state index is 13.2. The molecule has 2 rings (SSSR count). The van der Waals surface area contributed by atoms with Gasteiger partial charge in [-0.05, 0) is 57.8 Å². The number of carbonyl (C=O) groups excluding carboxylic acids is 1. The van der Waals surface area contributed by atoms with Gasteiger partial charge in [0.25, 0.3) is 0 Å². The minimum absolute atomic E-state index is 0.239. The van der Waals surface area contributed by atoms with Crippen LogP contribution in [0, 0.1) is 0 Å². The standard InChI is InChI=1S/C66H119NO13/c1-3-5-7-9-11-13-14-15-16-17-18-19-20-21-22-23-24-25-26-27-28-29-30-31-32-33-34-35-36-37-38-39-40-42-44-46-48-50-58(71)67-54(55(70)49-47-45-43-41-12-10-8-6-4-2)53-77-65-63(76)61(74)64(57(52-69)79-65)80-66-62(75)60(73)59(72)56(51-68)78-66/h5,7,11,13,15-16,18-19,47,49,54-57,59-66,68-70,72-76H,3-4,6,8-10,12,14,17,20-46,48,50-53H2,1-2H3,(H,67,71)/b7-5-,13-11-,16-15-,19-18-,49-47+. The van der Waals surface area contributed by atoms with Gasteiger partial charge >= 0.3 is 0 Å². The van der Waals surface area contributed by atoms with Gasteiger partial charge in [0.05, 0.1) is 32.0 Å². The number of unbranched alkanes of at least 4 members (excludes halogenated alkanes) is 31. The second kappa shape index (κ2) is 51.1. The summed E-state index contributed by atoms with van der Waals surface area (Å²) in [4.78, 5) is 13.2. The van der Waals surface area contributed by atoms with Crippen molar-refractivity contribution in [3.05, 3.63) is 60.8 Å². The molecule has 466 valence electrons. The molecule has 0 radical (unpaired) electrons. The van der Waals surface area contributed by atoms with E-state index in [2.05, 4.69) is 67.8 Å². The van der Waals surface area contributed by atoms with Crippen LogP contribution in [0.2, 0.25) is 0 Å². The van der Waals surface area contributed by atoms with Crippen LogP contribution in [0.1, 0.15) is 258 Å². The van der Waals surface area contributed by atoms with E-state index in [1.165, 1.54) is 167 Å². The zero-order valence-electron chi connectivity index (χ0n) is 50.3. The molecule has 14 nitrogen and oxygen atoms in total. The van der Waals surface area contributed by atoms with E-state index < -0.39 is 86.8 Å². The number of carbonyl (C=O) groups is 1. The molecule has 1 amide bonds. The van der Waals surface area contributed by atoms with Crippen molar-refractivity contribution in [2.24, 2.45) is 0 Å². The largest absolute Gasteiger partial charge is 0.394 e. The summed E-state index contributed by atoms with van der Waals surface area (Å²) in [5, 5.41) is 86.9. The van der Waals surface area contributed by atoms with E-state index in [0.717, 1.165) is 64.2 Å². The van der Waals surface area contributed by atoms with Crippen molar-refractivity contribution in [3.63, 3.8) is 0 Å². The number of allylic oxidation sites excluding steroid dienone is 9. The zero-order valence-corrected chi connectivity index (χ0v) is 50.3. The van der Waals surface area contributed by atoms with Crippen LogP contribution in [0.5, 0.6) is 0 Å². The summed E-state index contributed by atoms with van der Waals surface area (Å²) in [5.74, 6) is -0.239. The number of hydrogen-bond donors (Lipinski definition) is 9.